The highest BCUT2D eigenvalue weighted by atomic mass is 32.2. The molecule has 0 aromatic carbocycles. The minimum atomic E-state index is -3.34. The van der Waals surface area contributed by atoms with Crippen LogP contribution in [0, 0.1) is 16.6 Å². The van der Waals surface area contributed by atoms with Gasteiger partial charge in [0.15, 0.2) is 12.0 Å². The maximum absolute atomic E-state index is 14.9. The lowest BCUT2D eigenvalue weighted by atomic mass is 9.98. The topological polar surface area (TPSA) is 153 Å². The number of carbonyl (C=O) groups is 1. The van der Waals surface area contributed by atoms with Crippen LogP contribution in [-0.2, 0) is 14.8 Å². The summed E-state index contributed by atoms with van der Waals surface area (Å²) in [6.45, 7) is 0.841. The second kappa shape index (κ2) is 10.3. The molecule has 15 heteroatoms. The Kier molecular flexibility index (Phi) is 7.61. The predicted octanol–water partition coefficient (Wildman–Crippen LogP) is -0.360. The van der Waals surface area contributed by atoms with Gasteiger partial charge in [0.05, 0.1) is 29.5 Å². The van der Waals surface area contributed by atoms with Crippen LogP contribution in [0.2, 0.25) is 0 Å². The summed E-state index contributed by atoms with van der Waals surface area (Å²) in [5.41, 5.74) is 5.95. The van der Waals surface area contributed by atoms with E-state index in [-0.39, 0.29) is 55.9 Å². The molecular weight excluding hydrogens is 486 g/mol. The number of nitrogens with zero attached hydrogens (tertiary/aromatic N) is 5. The van der Waals surface area contributed by atoms with Gasteiger partial charge in [0, 0.05) is 39.3 Å². The molecule has 4 atom stereocenters. The van der Waals surface area contributed by atoms with E-state index in [1.165, 1.54) is 15.4 Å². The van der Waals surface area contributed by atoms with E-state index in [1.807, 2.05) is 0 Å². The number of nitroso groups, excluding NO2 is 1. The first-order valence-corrected chi connectivity index (χ1v) is 13.0. The molecule has 1 amide bonds. The Morgan fingerprint density at radius 3 is 2.57 bits per heavy atom. The number of hydrogen-bond acceptors (Lipinski definition) is 10. The lowest BCUT2D eigenvalue weighted by Gasteiger charge is -2.40. The van der Waals surface area contributed by atoms with Gasteiger partial charge in [0.2, 0.25) is 15.9 Å². The number of hydrogen-bond donors (Lipinski definition) is 3. The summed E-state index contributed by atoms with van der Waals surface area (Å²) in [5, 5.41) is 7.96. The van der Waals surface area contributed by atoms with Crippen molar-refractivity contribution in [3.63, 3.8) is 0 Å². The smallest absolute Gasteiger partial charge is 0.234 e. The summed E-state index contributed by atoms with van der Waals surface area (Å²) in [4.78, 5) is 31.5. The van der Waals surface area contributed by atoms with Gasteiger partial charge in [-0.05, 0) is 19.9 Å². The molecule has 4 rings (SSSR count). The van der Waals surface area contributed by atoms with Gasteiger partial charge in [-0.1, -0.05) is 5.18 Å². The second-order valence-corrected chi connectivity index (χ2v) is 11.4. The van der Waals surface area contributed by atoms with Crippen molar-refractivity contribution >= 4 is 27.3 Å². The van der Waals surface area contributed by atoms with Gasteiger partial charge in [0.25, 0.3) is 0 Å². The third-order valence-electron chi connectivity index (χ3n) is 6.63. The quantitative estimate of drug-likeness (QED) is 0.393. The molecule has 194 valence electrons. The van der Waals surface area contributed by atoms with Crippen LogP contribution in [-0.4, -0.2) is 98.6 Å². The molecule has 4 N–H and O–H groups in total. The highest BCUT2D eigenvalue weighted by molar-refractivity contribution is 7.90. The maximum atomic E-state index is 14.9. The van der Waals surface area contributed by atoms with Crippen LogP contribution in [0.25, 0.3) is 0 Å². The fraction of sp³-hybridized carbons (Fsp3) is 0.700. The van der Waals surface area contributed by atoms with E-state index in [0.717, 1.165) is 6.20 Å². The number of halogens is 2. The van der Waals surface area contributed by atoms with Crippen LogP contribution in [0.3, 0.4) is 0 Å². The molecule has 35 heavy (non-hydrogen) atoms. The lowest BCUT2D eigenvalue weighted by molar-refractivity contribution is -0.124. The summed E-state index contributed by atoms with van der Waals surface area (Å²) in [6, 6.07) is 0. The SMILES string of the molecule is CN1CC(F)CNC1C(C(=O)Nc1cncc(F)c1N1CCN(S(=O)(=O)C2CC2)CC1)C(N)N=O. The van der Waals surface area contributed by atoms with Crippen LogP contribution in [0.4, 0.5) is 20.2 Å². The maximum Gasteiger partial charge on any atom is 0.234 e. The fourth-order valence-electron chi connectivity index (χ4n) is 4.65. The first-order valence-electron chi connectivity index (χ1n) is 11.5. The van der Waals surface area contributed by atoms with Crippen molar-refractivity contribution in [2.75, 3.05) is 56.5 Å². The lowest BCUT2D eigenvalue weighted by Crippen LogP contribution is -2.62. The summed E-state index contributed by atoms with van der Waals surface area (Å²) < 4.78 is 55.1. The van der Waals surface area contributed by atoms with Crippen LogP contribution >= 0.6 is 0 Å². The summed E-state index contributed by atoms with van der Waals surface area (Å²) in [6.07, 6.45) is 0.244. The predicted molar refractivity (Wildman–Crippen MR) is 125 cm³/mol. The number of piperazine rings is 1. The zero-order chi connectivity index (χ0) is 25.3. The van der Waals surface area contributed by atoms with Crippen LogP contribution in [0.5, 0.6) is 0 Å². The number of sulfonamides is 1. The molecule has 2 saturated heterocycles. The standard InChI is InChI=1S/C20H30F2N8O4S/c1-28-11-12(21)8-25-19(28)16(18(23)27-32)20(31)26-15-10-24-9-14(22)17(15)29-4-6-30(7-5-29)35(33,34)13-2-3-13/h9-10,12-13,16,18-19,25H,2-8,11,23H2,1H3,(H,26,31). The normalized spacial score (nSPS) is 26.2. The Morgan fingerprint density at radius 2 is 1.97 bits per heavy atom. The van der Waals surface area contributed by atoms with E-state index < -0.39 is 46.2 Å². The zero-order valence-electron chi connectivity index (χ0n) is 19.3. The molecule has 0 radical (unpaired) electrons. The Labute approximate surface area is 202 Å². The van der Waals surface area contributed by atoms with Crippen molar-refractivity contribution in [3.8, 4) is 0 Å². The van der Waals surface area contributed by atoms with Gasteiger partial charge in [-0.15, -0.1) is 4.91 Å². The van der Waals surface area contributed by atoms with E-state index in [4.69, 9.17) is 5.73 Å². The van der Waals surface area contributed by atoms with Gasteiger partial charge >= 0.3 is 0 Å². The number of amides is 1. The van der Waals surface area contributed by atoms with Crippen LogP contribution in [0.15, 0.2) is 17.6 Å². The molecule has 3 fully saturated rings. The molecule has 1 saturated carbocycles. The third-order valence-corrected chi connectivity index (χ3v) is 9.03. The number of nitrogens with two attached hydrogens (primary N) is 1. The summed E-state index contributed by atoms with van der Waals surface area (Å²) in [5.74, 6) is -2.59. The van der Waals surface area contributed by atoms with Gasteiger partial charge < -0.3 is 16.0 Å². The highest BCUT2D eigenvalue weighted by Crippen LogP contribution is 2.34. The molecule has 4 unspecified atom stereocenters. The molecule has 12 nitrogen and oxygen atoms in total. The largest absolute Gasteiger partial charge is 0.365 e. The van der Waals surface area contributed by atoms with Crippen molar-refractivity contribution < 1.29 is 22.0 Å². The fourth-order valence-corrected chi connectivity index (χ4v) is 6.47. The number of pyridine rings is 1. The zero-order valence-corrected chi connectivity index (χ0v) is 20.1. The first-order chi connectivity index (χ1) is 16.6. The average Bonchev–Trinajstić information content (AvgIpc) is 3.67. The number of alkyl halides is 1. The van der Waals surface area contributed by atoms with Gasteiger partial charge in [-0.3, -0.25) is 20.0 Å². The Hall–Kier alpha value is -2.33. The van der Waals surface area contributed by atoms with Crippen molar-refractivity contribution in [3.05, 3.63) is 23.1 Å². The first kappa shape index (κ1) is 25.8. The van der Waals surface area contributed by atoms with Crippen molar-refractivity contribution in [2.24, 2.45) is 16.8 Å². The van der Waals surface area contributed by atoms with Gasteiger partial charge in [-0.2, -0.15) is 4.31 Å². The minimum absolute atomic E-state index is 0.0226. The van der Waals surface area contributed by atoms with Crippen molar-refractivity contribution in [2.45, 2.75) is 36.6 Å². The molecule has 1 aromatic heterocycles. The van der Waals surface area contributed by atoms with E-state index in [2.05, 4.69) is 20.8 Å². The molecule has 0 bridgehead atoms. The summed E-state index contributed by atoms with van der Waals surface area (Å²) >= 11 is 0. The Balaban J connectivity index is 1.52. The molecule has 3 heterocycles. The molecule has 3 aliphatic rings. The highest BCUT2D eigenvalue weighted by Gasteiger charge is 2.42. The third kappa shape index (κ3) is 5.43. The average molecular weight is 517 g/mol. The summed E-state index contributed by atoms with van der Waals surface area (Å²) in [7, 11) is -1.75. The molecular formula is C20H30F2N8O4S. The Bertz CT molecular complexity index is 1050. The molecule has 1 aromatic rings. The van der Waals surface area contributed by atoms with E-state index in [0.29, 0.717) is 12.8 Å². The molecule has 1 aliphatic carbocycles. The van der Waals surface area contributed by atoms with Gasteiger partial charge in [0.1, 0.15) is 17.8 Å². The van der Waals surface area contributed by atoms with Gasteiger partial charge in [-0.25, -0.2) is 17.2 Å². The van der Waals surface area contributed by atoms with Crippen LogP contribution < -0.4 is 21.3 Å². The second-order valence-electron chi connectivity index (χ2n) is 9.15. The molecule has 2 aliphatic heterocycles. The molecule has 0 spiro atoms. The minimum Gasteiger partial charge on any atom is -0.365 e. The number of rotatable bonds is 8. The number of aromatic nitrogens is 1. The number of carbonyl (C=O) groups excluding carboxylic acids is 1. The number of nitrogens with one attached hydrogen (secondary N) is 2. The van der Waals surface area contributed by atoms with E-state index in [9.17, 15) is 26.9 Å². The van der Waals surface area contributed by atoms with Crippen molar-refractivity contribution in [1.82, 2.24) is 19.5 Å². The monoisotopic (exact) mass is 516 g/mol. The van der Waals surface area contributed by atoms with E-state index in [1.54, 1.807) is 11.9 Å². The van der Waals surface area contributed by atoms with Crippen LogP contribution in [0.1, 0.15) is 12.8 Å². The van der Waals surface area contributed by atoms with Crippen molar-refractivity contribution in [1.29, 1.82) is 0 Å². The van der Waals surface area contributed by atoms with E-state index >= 15 is 0 Å². The Morgan fingerprint density at radius 1 is 1.29 bits per heavy atom. The number of anilines is 2.